The van der Waals surface area contributed by atoms with Crippen LogP contribution in [0.15, 0.2) is 48.0 Å². The van der Waals surface area contributed by atoms with Gasteiger partial charge in [0.05, 0.1) is 16.3 Å². The number of aryl methyl sites for hydroxylation is 1. The molecular weight excluding hydrogens is 278 g/mol. The number of nitrogens with one attached hydrogen (secondary N) is 1. The molecule has 0 amide bonds. The number of nitrogens with zero attached hydrogens (tertiary/aromatic N) is 1. The van der Waals surface area contributed by atoms with Gasteiger partial charge in [-0.2, -0.15) is 0 Å². The molecule has 1 aromatic carbocycles. The van der Waals surface area contributed by atoms with E-state index < -0.39 is 0 Å². The molecule has 0 aliphatic carbocycles. The molecule has 0 fully saturated rings. The molecule has 0 saturated carbocycles. The number of fused-ring (bicyclic) bond motifs is 1. The molecule has 21 heavy (non-hydrogen) atoms. The van der Waals surface area contributed by atoms with Crippen LogP contribution in [0.3, 0.4) is 0 Å². The van der Waals surface area contributed by atoms with Crippen molar-refractivity contribution < 1.29 is 0 Å². The molecule has 108 valence electrons. The standard InChI is InChI=1S/C17H19N3S/c1-2-12-3-5-13(6-4-12)9-16(20-18)14-10-17-15(19-11-14)7-8-21-17/h3-8,10-11,16,20H,2,9,18H2,1H3. The molecule has 0 saturated heterocycles. The molecular formula is C17H19N3S. The topological polar surface area (TPSA) is 50.9 Å². The fourth-order valence-electron chi connectivity index (χ4n) is 2.47. The average molecular weight is 297 g/mol. The van der Waals surface area contributed by atoms with Gasteiger partial charge >= 0.3 is 0 Å². The Balaban J connectivity index is 1.82. The molecule has 3 rings (SSSR count). The van der Waals surface area contributed by atoms with Crippen molar-refractivity contribution in [1.82, 2.24) is 10.4 Å². The summed E-state index contributed by atoms with van der Waals surface area (Å²) in [6, 6.07) is 13.0. The molecule has 0 aliphatic rings. The summed E-state index contributed by atoms with van der Waals surface area (Å²) in [5.41, 5.74) is 7.73. The van der Waals surface area contributed by atoms with Crippen LogP contribution in [0.5, 0.6) is 0 Å². The summed E-state index contributed by atoms with van der Waals surface area (Å²) in [7, 11) is 0. The number of benzene rings is 1. The van der Waals surface area contributed by atoms with E-state index in [0.29, 0.717) is 0 Å². The first-order valence-corrected chi connectivity index (χ1v) is 8.05. The Kier molecular flexibility index (Phi) is 4.29. The predicted molar refractivity (Wildman–Crippen MR) is 89.2 cm³/mol. The Morgan fingerprint density at radius 1 is 1.19 bits per heavy atom. The molecule has 1 unspecified atom stereocenters. The van der Waals surface area contributed by atoms with Crippen molar-refractivity contribution in [2.75, 3.05) is 0 Å². The van der Waals surface area contributed by atoms with Crippen LogP contribution in [0, 0.1) is 0 Å². The van der Waals surface area contributed by atoms with Crippen molar-refractivity contribution in [2.45, 2.75) is 25.8 Å². The van der Waals surface area contributed by atoms with Gasteiger partial charge in [-0.1, -0.05) is 31.2 Å². The monoisotopic (exact) mass is 297 g/mol. The highest BCUT2D eigenvalue weighted by Crippen LogP contribution is 2.24. The fourth-order valence-corrected chi connectivity index (χ4v) is 3.26. The fraction of sp³-hybridized carbons (Fsp3) is 0.235. The zero-order valence-corrected chi connectivity index (χ0v) is 12.9. The summed E-state index contributed by atoms with van der Waals surface area (Å²) in [6.45, 7) is 2.17. The van der Waals surface area contributed by atoms with E-state index in [0.717, 1.165) is 23.9 Å². The molecule has 0 spiro atoms. The predicted octanol–water partition coefficient (Wildman–Crippen LogP) is 3.61. The van der Waals surface area contributed by atoms with Gasteiger partial charge in [0, 0.05) is 6.20 Å². The zero-order valence-electron chi connectivity index (χ0n) is 12.0. The van der Waals surface area contributed by atoms with Crippen LogP contribution in [0.1, 0.15) is 29.7 Å². The Bertz CT molecular complexity index is 718. The minimum atomic E-state index is 0.0801. The van der Waals surface area contributed by atoms with Crippen LogP contribution in [0.4, 0.5) is 0 Å². The smallest absolute Gasteiger partial charge is 0.0809 e. The summed E-state index contributed by atoms with van der Waals surface area (Å²) in [6.07, 6.45) is 3.84. The second-order valence-corrected chi connectivity index (χ2v) is 6.11. The highest BCUT2D eigenvalue weighted by Gasteiger charge is 2.12. The molecule has 0 bridgehead atoms. The number of pyridine rings is 1. The summed E-state index contributed by atoms with van der Waals surface area (Å²) < 4.78 is 1.20. The van der Waals surface area contributed by atoms with Gasteiger partial charge in [-0.15, -0.1) is 11.3 Å². The Morgan fingerprint density at radius 3 is 2.67 bits per heavy atom. The lowest BCUT2D eigenvalue weighted by Gasteiger charge is -2.16. The third-order valence-electron chi connectivity index (χ3n) is 3.80. The molecule has 3 N–H and O–H groups in total. The van der Waals surface area contributed by atoms with E-state index in [4.69, 9.17) is 5.84 Å². The van der Waals surface area contributed by atoms with E-state index in [-0.39, 0.29) is 6.04 Å². The maximum atomic E-state index is 5.75. The van der Waals surface area contributed by atoms with Crippen LogP contribution in [0.2, 0.25) is 0 Å². The minimum Gasteiger partial charge on any atom is -0.271 e. The quantitative estimate of drug-likeness (QED) is 0.559. The third-order valence-corrected chi connectivity index (χ3v) is 4.65. The molecule has 3 nitrogen and oxygen atoms in total. The van der Waals surface area contributed by atoms with Crippen LogP contribution in [0.25, 0.3) is 10.2 Å². The lowest BCUT2D eigenvalue weighted by molar-refractivity contribution is 0.551. The van der Waals surface area contributed by atoms with Crippen molar-refractivity contribution in [2.24, 2.45) is 5.84 Å². The Labute approximate surface area is 128 Å². The maximum absolute atomic E-state index is 5.75. The minimum absolute atomic E-state index is 0.0801. The molecule has 4 heteroatoms. The molecule has 2 aromatic heterocycles. The first-order valence-electron chi connectivity index (χ1n) is 7.17. The highest BCUT2D eigenvalue weighted by atomic mass is 32.1. The first-order chi connectivity index (χ1) is 10.3. The van der Waals surface area contributed by atoms with Crippen molar-refractivity contribution in [3.05, 3.63) is 64.7 Å². The molecule has 1 atom stereocenters. The molecule has 2 heterocycles. The van der Waals surface area contributed by atoms with Gasteiger partial charge in [0.15, 0.2) is 0 Å². The van der Waals surface area contributed by atoms with Crippen LogP contribution in [-0.4, -0.2) is 4.98 Å². The van der Waals surface area contributed by atoms with Gasteiger partial charge in [0.1, 0.15) is 0 Å². The van der Waals surface area contributed by atoms with Gasteiger partial charge in [0.25, 0.3) is 0 Å². The van der Waals surface area contributed by atoms with E-state index in [1.165, 1.54) is 15.8 Å². The van der Waals surface area contributed by atoms with Crippen molar-refractivity contribution in [1.29, 1.82) is 0 Å². The summed E-state index contributed by atoms with van der Waals surface area (Å²) in [5.74, 6) is 5.75. The highest BCUT2D eigenvalue weighted by molar-refractivity contribution is 7.17. The number of nitrogens with two attached hydrogens (primary N) is 1. The lowest BCUT2D eigenvalue weighted by atomic mass is 9.99. The van der Waals surface area contributed by atoms with Crippen LogP contribution >= 0.6 is 11.3 Å². The summed E-state index contributed by atoms with van der Waals surface area (Å²) in [4.78, 5) is 4.49. The van der Waals surface area contributed by atoms with Gasteiger partial charge in [-0.25, -0.2) is 0 Å². The second kappa shape index (κ2) is 6.35. The van der Waals surface area contributed by atoms with E-state index >= 15 is 0 Å². The van der Waals surface area contributed by atoms with E-state index in [1.54, 1.807) is 11.3 Å². The van der Waals surface area contributed by atoms with Crippen molar-refractivity contribution >= 4 is 21.6 Å². The number of aromatic nitrogens is 1. The molecule has 0 radical (unpaired) electrons. The second-order valence-electron chi connectivity index (χ2n) is 5.17. The summed E-state index contributed by atoms with van der Waals surface area (Å²) in [5, 5.41) is 2.07. The number of hydrazine groups is 1. The van der Waals surface area contributed by atoms with Crippen LogP contribution in [-0.2, 0) is 12.8 Å². The number of hydrogen-bond donors (Lipinski definition) is 2. The number of rotatable bonds is 5. The van der Waals surface area contributed by atoms with Crippen molar-refractivity contribution in [3.8, 4) is 0 Å². The number of thiophene rings is 1. The first kappa shape index (κ1) is 14.2. The van der Waals surface area contributed by atoms with E-state index in [9.17, 15) is 0 Å². The average Bonchev–Trinajstić information content (AvgIpc) is 3.00. The van der Waals surface area contributed by atoms with Gasteiger partial charge < -0.3 is 0 Å². The van der Waals surface area contributed by atoms with Gasteiger partial charge in [-0.05, 0) is 47.0 Å². The SMILES string of the molecule is CCc1ccc(CC(NN)c2cnc3ccsc3c2)cc1. The van der Waals surface area contributed by atoms with Gasteiger partial charge in [0.2, 0.25) is 0 Å². The Hall–Kier alpha value is -1.75. The molecule has 3 aromatic rings. The Morgan fingerprint density at radius 2 is 1.95 bits per heavy atom. The third kappa shape index (κ3) is 3.13. The number of hydrogen-bond acceptors (Lipinski definition) is 4. The normalized spacial score (nSPS) is 12.7. The van der Waals surface area contributed by atoms with E-state index in [1.807, 2.05) is 12.3 Å². The van der Waals surface area contributed by atoms with Crippen molar-refractivity contribution in [3.63, 3.8) is 0 Å². The maximum Gasteiger partial charge on any atom is 0.0809 e. The van der Waals surface area contributed by atoms with Crippen LogP contribution < -0.4 is 11.3 Å². The zero-order chi connectivity index (χ0) is 14.7. The lowest BCUT2D eigenvalue weighted by Crippen LogP contribution is -2.29. The summed E-state index contributed by atoms with van der Waals surface area (Å²) >= 11 is 1.71. The van der Waals surface area contributed by atoms with Gasteiger partial charge in [-0.3, -0.25) is 16.3 Å². The largest absolute Gasteiger partial charge is 0.271 e. The van der Waals surface area contributed by atoms with E-state index in [2.05, 4.69) is 53.0 Å². The molecule has 0 aliphatic heterocycles.